The lowest BCUT2D eigenvalue weighted by molar-refractivity contribution is 0.0470. The Morgan fingerprint density at radius 1 is 1.18 bits per heavy atom. The third-order valence-corrected chi connectivity index (χ3v) is 3.15. The van der Waals surface area contributed by atoms with Crippen molar-refractivity contribution >= 4 is 0 Å². The molecule has 1 aromatic carbocycles. The minimum atomic E-state index is -0.623. The summed E-state index contributed by atoms with van der Waals surface area (Å²) in [5.41, 5.74) is 0.0742. The minimum absolute atomic E-state index is 0.250. The normalized spacial score (nSPS) is 19.1. The Kier molecular flexibility index (Phi) is 3.33. The molecular formula is C13H17F2NO. The molecule has 94 valence electrons. The van der Waals surface area contributed by atoms with Crippen LogP contribution in [0, 0.1) is 18.6 Å². The van der Waals surface area contributed by atoms with Gasteiger partial charge in [-0.2, -0.15) is 0 Å². The average molecular weight is 241 g/mol. The van der Waals surface area contributed by atoms with Crippen LogP contribution in [0.5, 0.6) is 5.75 Å². The number of halogens is 2. The third-order valence-electron chi connectivity index (χ3n) is 3.15. The van der Waals surface area contributed by atoms with Crippen LogP contribution in [0.4, 0.5) is 8.78 Å². The summed E-state index contributed by atoms with van der Waals surface area (Å²) < 4.78 is 32.9. The van der Waals surface area contributed by atoms with Crippen LogP contribution in [0.2, 0.25) is 0 Å². The molecule has 0 spiro atoms. The van der Waals surface area contributed by atoms with Crippen molar-refractivity contribution in [2.24, 2.45) is 0 Å². The summed E-state index contributed by atoms with van der Waals surface area (Å²) in [5.74, 6) is -1.50. The van der Waals surface area contributed by atoms with E-state index in [1.54, 1.807) is 6.92 Å². The van der Waals surface area contributed by atoms with Gasteiger partial charge in [-0.05, 0) is 57.5 Å². The van der Waals surface area contributed by atoms with Gasteiger partial charge in [0.05, 0.1) is 0 Å². The van der Waals surface area contributed by atoms with Crippen LogP contribution in [0.1, 0.15) is 25.3 Å². The molecule has 1 N–H and O–H groups in total. The van der Waals surface area contributed by atoms with Gasteiger partial charge in [-0.3, -0.25) is 0 Å². The van der Waals surface area contributed by atoms with Crippen LogP contribution in [0.25, 0.3) is 0 Å². The standard InChI is InChI=1S/C13H17F2NO/c1-9-7-10(14)12(11(15)8-9)17-13(2)3-5-16-6-4-13/h7-8,16H,3-6H2,1-2H3. The molecule has 0 atom stereocenters. The Hall–Kier alpha value is -1.16. The SMILES string of the molecule is Cc1cc(F)c(OC2(C)CCNCC2)c(F)c1. The number of rotatable bonds is 2. The van der Waals surface area contributed by atoms with Crippen molar-refractivity contribution < 1.29 is 13.5 Å². The van der Waals surface area contributed by atoms with E-state index in [1.807, 2.05) is 6.92 Å². The quantitative estimate of drug-likeness (QED) is 0.859. The van der Waals surface area contributed by atoms with Gasteiger partial charge >= 0.3 is 0 Å². The number of benzene rings is 1. The number of hydrogen-bond acceptors (Lipinski definition) is 2. The van der Waals surface area contributed by atoms with E-state index in [2.05, 4.69) is 5.32 Å². The summed E-state index contributed by atoms with van der Waals surface area (Å²) in [4.78, 5) is 0. The first-order valence-corrected chi connectivity index (χ1v) is 5.86. The van der Waals surface area contributed by atoms with E-state index in [-0.39, 0.29) is 5.75 Å². The van der Waals surface area contributed by atoms with Crippen LogP contribution >= 0.6 is 0 Å². The van der Waals surface area contributed by atoms with Crippen molar-refractivity contribution in [3.05, 3.63) is 29.3 Å². The van der Waals surface area contributed by atoms with Gasteiger partial charge in [-0.15, -0.1) is 0 Å². The molecule has 0 bridgehead atoms. The number of hydrogen-bond donors (Lipinski definition) is 1. The molecule has 1 saturated heterocycles. The zero-order valence-corrected chi connectivity index (χ0v) is 10.1. The average Bonchev–Trinajstić information content (AvgIpc) is 2.24. The van der Waals surface area contributed by atoms with E-state index in [4.69, 9.17) is 4.74 Å². The molecule has 1 aliphatic rings. The first-order valence-electron chi connectivity index (χ1n) is 5.86. The highest BCUT2D eigenvalue weighted by Crippen LogP contribution is 2.30. The Bertz CT molecular complexity index is 391. The first-order chi connectivity index (χ1) is 8.00. The van der Waals surface area contributed by atoms with Crippen LogP contribution < -0.4 is 10.1 Å². The number of aryl methyl sites for hydroxylation is 1. The van der Waals surface area contributed by atoms with Gasteiger partial charge in [0.15, 0.2) is 17.4 Å². The van der Waals surface area contributed by atoms with E-state index in [0.717, 1.165) is 25.9 Å². The van der Waals surface area contributed by atoms with Crippen LogP contribution in [-0.4, -0.2) is 18.7 Å². The molecule has 1 heterocycles. The fourth-order valence-electron chi connectivity index (χ4n) is 2.09. The Morgan fingerprint density at radius 2 is 1.71 bits per heavy atom. The van der Waals surface area contributed by atoms with Crippen molar-refractivity contribution in [3.63, 3.8) is 0 Å². The molecule has 0 saturated carbocycles. The van der Waals surface area contributed by atoms with Gasteiger partial charge in [-0.1, -0.05) is 0 Å². The molecule has 17 heavy (non-hydrogen) atoms. The smallest absolute Gasteiger partial charge is 0.191 e. The zero-order chi connectivity index (χ0) is 12.5. The van der Waals surface area contributed by atoms with Gasteiger partial charge in [0, 0.05) is 0 Å². The fraction of sp³-hybridized carbons (Fsp3) is 0.538. The highest BCUT2D eigenvalue weighted by Gasteiger charge is 2.30. The first kappa shape index (κ1) is 12.3. The number of nitrogens with one attached hydrogen (secondary N) is 1. The van der Waals surface area contributed by atoms with E-state index in [1.165, 1.54) is 12.1 Å². The largest absolute Gasteiger partial charge is 0.481 e. The highest BCUT2D eigenvalue weighted by molar-refractivity contribution is 5.31. The molecule has 0 unspecified atom stereocenters. The minimum Gasteiger partial charge on any atom is -0.481 e. The van der Waals surface area contributed by atoms with Crippen LogP contribution in [0.3, 0.4) is 0 Å². The molecule has 2 rings (SSSR count). The maximum Gasteiger partial charge on any atom is 0.191 e. The van der Waals surface area contributed by atoms with Gasteiger partial charge < -0.3 is 10.1 Å². The van der Waals surface area contributed by atoms with Crippen molar-refractivity contribution in [2.45, 2.75) is 32.3 Å². The second-order valence-electron chi connectivity index (χ2n) is 4.86. The van der Waals surface area contributed by atoms with E-state index < -0.39 is 17.2 Å². The Balaban J connectivity index is 2.23. The number of piperidine rings is 1. The predicted octanol–water partition coefficient (Wildman–Crippen LogP) is 2.79. The summed E-state index contributed by atoms with van der Waals surface area (Å²) in [6, 6.07) is 2.59. The van der Waals surface area contributed by atoms with Gasteiger partial charge in [-0.25, -0.2) is 8.78 Å². The summed E-state index contributed by atoms with van der Waals surface area (Å²) in [6.45, 7) is 5.17. The molecule has 0 aliphatic carbocycles. The second kappa shape index (κ2) is 4.61. The molecule has 4 heteroatoms. The topological polar surface area (TPSA) is 21.3 Å². The molecular weight excluding hydrogens is 224 g/mol. The van der Waals surface area contributed by atoms with Gasteiger partial charge in [0.2, 0.25) is 0 Å². The van der Waals surface area contributed by atoms with Crippen molar-refractivity contribution in [3.8, 4) is 5.75 Å². The van der Waals surface area contributed by atoms with Gasteiger partial charge in [0.25, 0.3) is 0 Å². The van der Waals surface area contributed by atoms with E-state index in [9.17, 15) is 8.78 Å². The van der Waals surface area contributed by atoms with Crippen molar-refractivity contribution in [1.29, 1.82) is 0 Å². The monoisotopic (exact) mass is 241 g/mol. The lowest BCUT2D eigenvalue weighted by Gasteiger charge is -2.34. The maximum atomic E-state index is 13.7. The zero-order valence-electron chi connectivity index (χ0n) is 10.1. The maximum absolute atomic E-state index is 13.7. The summed E-state index contributed by atoms with van der Waals surface area (Å²) in [7, 11) is 0. The third kappa shape index (κ3) is 2.75. The van der Waals surface area contributed by atoms with Crippen LogP contribution in [0.15, 0.2) is 12.1 Å². The summed E-state index contributed by atoms with van der Waals surface area (Å²) >= 11 is 0. The van der Waals surface area contributed by atoms with Crippen molar-refractivity contribution in [2.75, 3.05) is 13.1 Å². The lowest BCUT2D eigenvalue weighted by atomic mass is 9.94. The van der Waals surface area contributed by atoms with E-state index in [0.29, 0.717) is 5.56 Å². The number of ether oxygens (including phenoxy) is 1. The predicted molar refractivity (Wildman–Crippen MR) is 62.2 cm³/mol. The molecule has 0 radical (unpaired) electrons. The summed E-state index contributed by atoms with van der Waals surface area (Å²) in [5, 5.41) is 3.20. The molecule has 1 aliphatic heterocycles. The van der Waals surface area contributed by atoms with Crippen LogP contribution in [-0.2, 0) is 0 Å². The molecule has 1 fully saturated rings. The molecule has 0 aromatic heterocycles. The summed E-state index contributed by atoms with van der Waals surface area (Å²) in [6.07, 6.45) is 1.50. The molecule has 1 aromatic rings. The lowest BCUT2D eigenvalue weighted by Crippen LogP contribution is -2.44. The molecule has 2 nitrogen and oxygen atoms in total. The second-order valence-corrected chi connectivity index (χ2v) is 4.86. The fourth-order valence-corrected chi connectivity index (χ4v) is 2.09. The van der Waals surface area contributed by atoms with Gasteiger partial charge in [0.1, 0.15) is 5.60 Å². The van der Waals surface area contributed by atoms with E-state index >= 15 is 0 Å². The van der Waals surface area contributed by atoms with Crippen molar-refractivity contribution in [1.82, 2.24) is 5.32 Å². The molecule has 0 amide bonds. The Labute approximate surface area is 100.0 Å². The highest BCUT2D eigenvalue weighted by atomic mass is 19.1. The Morgan fingerprint density at radius 3 is 2.24 bits per heavy atom.